The molecular weight excluding hydrogens is 130 g/mol. The first kappa shape index (κ1) is 8.92. The van der Waals surface area contributed by atoms with Gasteiger partial charge in [-0.1, -0.05) is 0 Å². The van der Waals surface area contributed by atoms with Crippen LogP contribution in [-0.4, -0.2) is 30.9 Å². The fourth-order valence-electron chi connectivity index (χ4n) is 0.501. The van der Waals surface area contributed by atoms with Gasteiger partial charge in [0.2, 0.25) is 5.91 Å². The molecule has 0 fully saturated rings. The molecule has 56 valence electrons. The molecule has 0 bridgehead atoms. The van der Waals surface area contributed by atoms with Crippen LogP contribution < -0.4 is 5.73 Å². The van der Waals surface area contributed by atoms with E-state index in [1.165, 1.54) is 0 Å². The molecule has 0 heterocycles. The van der Waals surface area contributed by atoms with E-state index in [-0.39, 0.29) is 5.91 Å². The number of primary amides is 1. The van der Waals surface area contributed by atoms with Gasteiger partial charge in [0.1, 0.15) is 0 Å². The van der Waals surface area contributed by atoms with Gasteiger partial charge in [0.05, 0.1) is 12.6 Å². The average molecular weight is 141 g/mol. The van der Waals surface area contributed by atoms with Crippen molar-refractivity contribution in [2.24, 2.45) is 5.73 Å². The number of carbonyl (C=O) groups is 1. The van der Waals surface area contributed by atoms with Crippen molar-refractivity contribution >= 4 is 5.91 Å². The van der Waals surface area contributed by atoms with Crippen LogP contribution in [0, 0.1) is 11.3 Å². The lowest BCUT2D eigenvalue weighted by atomic mass is 10.4. The summed E-state index contributed by atoms with van der Waals surface area (Å²) in [4.78, 5) is 12.0. The Bertz CT molecular complexity index is 150. The van der Waals surface area contributed by atoms with Gasteiger partial charge in [0, 0.05) is 13.0 Å². The third-order valence-electron chi connectivity index (χ3n) is 1.08. The largest absolute Gasteiger partial charge is 0.370 e. The van der Waals surface area contributed by atoms with Gasteiger partial charge in [-0.15, -0.1) is 0 Å². The van der Waals surface area contributed by atoms with Crippen LogP contribution in [0.1, 0.15) is 6.42 Å². The normalized spacial score (nSPS) is 9.30. The molecule has 0 aromatic carbocycles. The quantitative estimate of drug-likeness (QED) is 0.527. The maximum atomic E-state index is 10.2. The molecule has 0 atom stereocenters. The van der Waals surface area contributed by atoms with Gasteiger partial charge in [-0.2, -0.15) is 5.26 Å². The van der Waals surface area contributed by atoms with E-state index in [0.29, 0.717) is 19.5 Å². The van der Waals surface area contributed by atoms with Gasteiger partial charge in [0.25, 0.3) is 0 Å². The fraction of sp³-hybridized carbons (Fsp3) is 0.667. The molecule has 0 aromatic heterocycles. The Labute approximate surface area is 60.2 Å². The van der Waals surface area contributed by atoms with Gasteiger partial charge in [-0.3, -0.25) is 9.69 Å². The molecule has 0 unspecified atom stereocenters. The molecule has 0 aliphatic rings. The highest BCUT2D eigenvalue weighted by atomic mass is 16.1. The summed E-state index contributed by atoms with van der Waals surface area (Å²) in [7, 11) is 1.77. The molecule has 10 heavy (non-hydrogen) atoms. The van der Waals surface area contributed by atoms with Gasteiger partial charge in [-0.25, -0.2) is 0 Å². The third kappa shape index (κ3) is 5.06. The monoisotopic (exact) mass is 141 g/mol. The predicted molar refractivity (Wildman–Crippen MR) is 36.9 cm³/mol. The van der Waals surface area contributed by atoms with E-state index < -0.39 is 0 Å². The molecule has 0 saturated carbocycles. The Hall–Kier alpha value is -1.08. The highest BCUT2D eigenvalue weighted by molar-refractivity contribution is 5.73. The molecule has 2 N–H and O–H groups in total. The van der Waals surface area contributed by atoms with E-state index in [4.69, 9.17) is 11.0 Å². The summed E-state index contributed by atoms with van der Waals surface area (Å²) in [6, 6.07) is 1.97. The molecule has 1 amide bonds. The van der Waals surface area contributed by atoms with E-state index in [1.807, 2.05) is 6.07 Å². The zero-order chi connectivity index (χ0) is 7.98. The predicted octanol–water partition coefficient (Wildman–Crippen LogP) is -0.683. The Balaban J connectivity index is 3.32. The van der Waals surface area contributed by atoms with Crippen LogP contribution in [0.25, 0.3) is 0 Å². The maximum absolute atomic E-state index is 10.2. The Kier molecular flexibility index (Phi) is 4.25. The Morgan fingerprint density at radius 2 is 2.40 bits per heavy atom. The van der Waals surface area contributed by atoms with Crippen LogP contribution in [0.15, 0.2) is 0 Å². The number of nitrogens with two attached hydrogens (primary N) is 1. The molecule has 4 nitrogen and oxygen atoms in total. The molecular formula is C6H11N3O. The molecule has 0 aliphatic carbocycles. The molecule has 0 spiro atoms. The number of hydrogen-bond donors (Lipinski definition) is 1. The lowest BCUT2D eigenvalue weighted by Gasteiger charge is -2.09. The van der Waals surface area contributed by atoms with E-state index in [2.05, 4.69) is 0 Å². The molecule has 0 aromatic rings. The van der Waals surface area contributed by atoms with Crippen molar-refractivity contribution in [3.05, 3.63) is 0 Å². The average Bonchev–Trinajstić information content (AvgIpc) is 1.85. The standard InChI is InChI=1S/C6H11N3O/c1-9(5-3-7)4-2-6(8)10/h2,4-5H2,1H3,(H2,8,10). The van der Waals surface area contributed by atoms with Crippen LogP contribution in [0.5, 0.6) is 0 Å². The second-order valence-electron chi connectivity index (χ2n) is 2.11. The van der Waals surface area contributed by atoms with Crippen molar-refractivity contribution in [3.63, 3.8) is 0 Å². The summed E-state index contributed by atoms with van der Waals surface area (Å²) in [6.45, 7) is 0.899. The van der Waals surface area contributed by atoms with E-state index >= 15 is 0 Å². The maximum Gasteiger partial charge on any atom is 0.218 e. The molecule has 0 radical (unpaired) electrons. The molecule has 0 rings (SSSR count). The summed E-state index contributed by atoms with van der Waals surface area (Å²) in [5.41, 5.74) is 4.89. The highest BCUT2D eigenvalue weighted by Crippen LogP contribution is 1.83. The van der Waals surface area contributed by atoms with Crippen LogP contribution >= 0.6 is 0 Å². The zero-order valence-electron chi connectivity index (χ0n) is 6.00. The zero-order valence-corrected chi connectivity index (χ0v) is 6.00. The van der Waals surface area contributed by atoms with Crippen molar-refractivity contribution in [2.45, 2.75) is 6.42 Å². The molecule has 4 heteroatoms. The van der Waals surface area contributed by atoms with E-state index in [0.717, 1.165) is 0 Å². The van der Waals surface area contributed by atoms with Gasteiger partial charge in [-0.05, 0) is 7.05 Å². The van der Waals surface area contributed by atoms with Crippen LogP contribution in [0.4, 0.5) is 0 Å². The van der Waals surface area contributed by atoms with E-state index in [9.17, 15) is 4.79 Å². The number of amides is 1. The lowest BCUT2D eigenvalue weighted by molar-refractivity contribution is -0.118. The SMILES string of the molecule is CN(CC#N)CCC(N)=O. The Morgan fingerprint density at radius 3 is 2.80 bits per heavy atom. The number of carbonyl (C=O) groups excluding carboxylic acids is 1. The highest BCUT2D eigenvalue weighted by Gasteiger charge is 1.98. The second kappa shape index (κ2) is 4.77. The van der Waals surface area contributed by atoms with Crippen molar-refractivity contribution in [1.82, 2.24) is 4.90 Å². The number of rotatable bonds is 4. The van der Waals surface area contributed by atoms with Gasteiger partial charge in [0.15, 0.2) is 0 Å². The van der Waals surface area contributed by atoms with Crippen molar-refractivity contribution in [3.8, 4) is 6.07 Å². The van der Waals surface area contributed by atoms with Crippen LogP contribution in [0.2, 0.25) is 0 Å². The van der Waals surface area contributed by atoms with Gasteiger partial charge < -0.3 is 5.73 Å². The smallest absolute Gasteiger partial charge is 0.218 e. The minimum Gasteiger partial charge on any atom is -0.370 e. The number of hydrogen-bond acceptors (Lipinski definition) is 3. The number of nitrogens with zero attached hydrogens (tertiary/aromatic N) is 2. The summed E-state index contributed by atoms with van der Waals surface area (Å²) in [6.07, 6.45) is 0.318. The van der Waals surface area contributed by atoms with Crippen molar-refractivity contribution in [1.29, 1.82) is 5.26 Å². The summed E-state index contributed by atoms with van der Waals surface area (Å²) < 4.78 is 0. The second-order valence-corrected chi connectivity index (χ2v) is 2.11. The third-order valence-corrected chi connectivity index (χ3v) is 1.08. The summed E-state index contributed by atoms with van der Waals surface area (Å²) in [5, 5.41) is 8.19. The van der Waals surface area contributed by atoms with E-state index in [1.54, 1.807) is 11.9 Å². The first-order valence-electron chi connectivity index (χ1n) is 3.00. The minimum absolute atomic E-state index is 0.318. The summed E-state index contributed by atoms with van der Waals surface area (Å²) in [5.74, 6) is -0.329. The van der Waals surface area contributed by atoms with Gasteiger partial charge >= 0.3 is 0 Å². The first-order valence-corrected chi connectivity index (χ1v) is 3.00. The molecule has 0 aliphatic heterocycles. The summed E-state index contributed by atoms with van der Waals surface area (Å²) >= 11 is 0. The van der Waals surface area contributed by atoms with Crippen LogP contribution in [0.3, 0.4) is 0 Å². The minimum atomic E-state index is -0.329. The van der Waals surface area contributed by atoms with Crippen LogP contribution in [-0.2, 0) is 4.79 Å². The lowest BCUT2D eigenvalue weighted by Crippen LogP contribution is -2.24. The van der Waals surface area contributed by atoms with Crippen molar-refractivity contribution < 1.29 is 4.79 Å². The Morgan fingerprint density at radius 1 is 1.80 bits per heavy atom. The van der Waals surface area contributed by atoms with Crippen molar-refractivity contribution in [2.75, 3.05) is 20.1 Å². The fourth-order valence-corrected chi connectivity index (χ4v) is 0.501. The first-order chi connectivity index (χ1) is 4.66. The molecule has 0 saturated heterocycles. The topological polar surface area (TPSA) is 70.1 Å². The number of nitriles is 1.